The van der Waals surface area contributed by atoms with Crippen LogP contribution in [-0.4, -0.2) is 22.5 Å². The summed E-state index contributed by atoms with van der Waals surface area (Å²) in [5.41, 5.74) is 2.94. The van der Waals surface area contributed by atoms with E-state index in [-0.39, 0.29) is 11.8 Å². The number of rotatable bonds is 2. The Morgan fingerprint density at radius 2 is 2.24 bits per heavy atom. The van der Waals surface area contributed by atoms with E-state index >= 15 is 0 Å². The molecule has 1 heterocycles. The Morgan fingerprint density at radius 1 is 1.47 bits per heavy atom. The van der Waals surface area contributed by atoms with E-state index in [1.807, 2.05) is 36.9 Å². The van der Waals surface area contributed by atoms with Crippen molar-refractivity contribution in [3.05, 3.63) is 24.5 Å². The summed E-state index contributed by atoms with van der Waals surface area (Å²) in [5.74, 6) is 0.472. The Kier molecular flexibility index (Phi) is 2.18. The Morgan fingerprint density at radius 3 is 2.94 bits per heavy atom. The van der Waals surface area contributed by atoms with Crippen LogP contribution in [0.4, 0.5) is 5.69 Å². The van der Waals surface area contributed by atoms with Crippen molar-refractivity contribution in [2.75, 3.05) is 11.9 Å². The number of anilines is 1. The van der Waals surface area contributed by atoms with E-state index in [9.17, 15) is 4.79 Å². The molecule has 0 N–H and O–H groups in total. The highest BCUT2D eigenvalue weighted by Crippen LogP contribution is 2.32. The van der Waals surface area contributed by atoms with E-state index in [1.165, 1.54) is 0 Å². The summed E-state index contributed by atoms with van der Waals surface area (Å²) in [6, 6.07) is 5.95. The minimum atomic E-state index is 0.222. The number of aryl methyl sites for hydroxylation is 1. The number of carbonyl (C=O) groups is 1. The lowest BCUT2D eigenvalue weighted by Gasteiger charge is -2.17. The summed E-state index contributed by atoms with van der Waals surface area (Å²) >= 11 is 0. The third kappa shape index (κ3) is 1.69. The number of hydrogen-bond donors (Lipinski definition) is 0. The van der Waals surface area contributed by atoms with Crippen molar-refractivity contribution in [1.82, 2.24) is 9.55 Å². The van der Waals surface area contributed by atoms with Crippen LogP contribution in [0.15, 0.2) is 24.5 Å². The number of nitrogens with zero attached hydrogens (tertiary/aromatic N) is 3. The van der Waals surface area contributed by atoms with Crippen molar-refractivity contribution in [3.63, 3.8) is 0 Å². The van der Waals surface area contributed by atoms with E-state index in [0.717, 1.165) is 29.6 Å². The van der Waals surface area contributed by atoms with Gasteiger partial charge >= 0.3 is 0 Å². The average molecular weight is 229 g/mol. The molecule has 1 aliphatic rings. The Hall–Kier alpha value is -1.84. The number of fused-ring (bicyclic) bond motifs is 1. The van der Waals surface area contributed by atoms with Crippen LogP contribution in [0.5, 0.6) is 0 Å². The highest BCUT2D eigenvalue weighted by Gasteiger charge is 2.32. The van der Waals surface area contributed by atoms with Crippen molar-refractivity contribution < 1.29 is 4.79 Å². The molecule has 4 nitrogen and oxygen atoms in total. The van der Waals surface area contributed by atoms with Gasteiger partial charge < -0.3 is 9.47 Å². The fourth-order valence-electron chi connectivity index (χ4n) is 2.06. The molecule has 88 valence electrons. The van der Waals surface area contributed by atoms with Crippen LogP contribution in [-0.2, 0) is 11.8 Å². The molecule has 0 spiro atoms. The Labute approximate surface area is 99.9 Å². The van der Waals surface area contributed by atoms with E-state index in [4.69, 9.17) is 0 Å². The number of aromatic nitrogens is 2. The van der Waals surface area contributed by atoms with Crippen molar-refractivity contribution >= 4 is 22.6 Å². The molecule has 0 saturated heterocycles. The van der Waals surface area contributed by atoms with Gasteiger partial charge in [0.15, 0.2) is 0 Å². The standard InChI is InChI=1S/C13H15N3O/c1-15-8-14-11-7-10(5-6-12(11)15)16(2)13(17)9-3-4-9/h5-9H,3-4H2,1-2H3. The lowest BCUT2D eigenvalue weighted by atomic mass is 10.2. The molecule has 0 unspecified atom stereocenters. The van der Waals surface area contributed by atoms with Crippen LogP contribution < -0.4 is 4.90 Å². The minimum Gasteiger partial charge on any atom is -0.334 e. The molecule has 2 aromatic rings. The number of imidazole rings is 1. The van der Waals surface area contributed by atoms with Gasteiger partial charge in [0.2, 0.25) is 5.91 Å². The molecule has 1 aromatic heterocycles. The molecule has 17 heavy (non-hydrogen) atoms. The first kappa shape index (κ1) is 10.3. The first-order chi connectivity index (χ1) is 8.16. The van der Waals surface area contributed by atoms with Gasteiger partial charge in [-0.1, -0.05) is 0 Å². The van der Waals surface area contributed by atoms with E-state index in [1.54, 1.807) is 11.2 Å². The third-order valence-corrected chi connectivity index (χ3v) is 3.35. The Balaban J connectivity index is 1.96. The summed E-state index contributed by atoms with van der Waals surface area (Å²) < 4.78 is 1.97. The van der Waals surface area contributed by atoms with Gasteiger partial charge in [-0.3, -0.25) is 4.79 Å². The van der Waals surface area contributed by atoms with Gasteiger partial charge in [0.05, 0.1) is 17.4 Å². The first-order valence-corrected chi connectivity index (χ1v) is 5.85. The molecule has 1 amide bonds. The van der Waals surface area contributed by atoms with Crippen molar-refractivity contribution in [2.45, 2.75) is 12.8 Å². The SMILES string of the molecule is CN(C(=O)C1CC1)c1ccc2c(c1)ncn2C. The number of carbonyl (C=O) groups excluding carboxylic acids is 1. The van der Waals surface area contributed by atoms with Gasteiger partial charge in [0.1, 0.15) is 0 Å². The monoisotopic (exact) mass is 229 g/mol. The second-order valence-electron chi connectivity index (χ2n) is 4.70. The molecule has 0 atom stereocenters. The average Bonchev–Trinajstić information content (AvgIpc) is 3.13. The van der Waals surface area contributed by atoms with Gasteiger partial charge in [0, 0.05) is 25.7 Å². The number of benzene rings is 1. The molecular weight excluding hydrogens is 214 g/mol. The molecule has 1 aromatic carbocycles. The van der Waals surface area contributed by atoms with Gasteiger partial charge in [-0.25, -0.2) is 4.98 Å². The van der Waals surface area contributed by atoms with Gasteiger partial charge in [-0.15, -0.1) is 0 Å². The normalized spacial score (nSPS) is 15.2. The largest absolute Gasteiger partial charge is 0.334 e. The second kappa shape index (κ2) is 3.58. The highest BCUT2D eigenvalue weighted by molar-refractivity contribution is 5.97. The topological polar surface area (TPSA) is 38.1 Å². The van der Waals surface area contributed by atoms with Crippen LogP contribution in [0.2, 0.25) is 0 Å². The van der Waals surface area contributed by atoms with Crippen molar-refractivity contribution in [2.24, 2.45) is 13.0 Å². The summed E-state index contributed by atoms with van der Waals surface area (Å²) in [6.45, 7) is 0. The molecule has 1 aliphatic carbocycles. The van der Waals surface area contributed by atoms with Gasteiger partial charge in [0.25, 0.3) is 0 Å². The first-order valence-electron chi connectivity index (χ1n) is 5.85. The Bertz CT molecular complexity index is 583. The van der Waals surface area contributed by atoms with Crippen LogP contribution in [0, 0.1) is 5.92 Å². The maximum atomic E-state index is 11.9. The lowest BCUT2D eigenvalue weighted by molar-refractivity contribution is -0.119. The summed E-state index contributed by atoms with van der Waals surface area (Å²) in [6.07, 6.45) is 3.86. The molecule has 1 saturated carbocycles. The van der Waals surface area contributed by atoms with Crippen LogP contribution in [0.3, 0.4) is 0 Å². The minimum absolute atomic E-state index is 0.222. The highest BCUT2D eigenvalue weighted by atomic mass is 16.2. The predicted octanol–water partition coefficient (Wildman–Crippen LogP) is 1.95. The molecule has 0 aliphatic heterocycles. The van der Waals surface area contributed by atoms with E-state index in [0.29, 0.717) is 0 Å². The summed E-state index contributed by atoms with van der Waals surface area (Å²) in [7, 11) is 3.80. The molecule has 4 heteroatoms. The van der Waals surface area contributed by atoms with Crippen molar-refractivity contribution in [3.8, 4) is 0 Å². The van der Waals surface area contributed by atoms with Crippen LogP contribution in [0.1, 0.15) is 12.8 Å². The molecule has 3 rings (SSSR count). The zero-order valence-corrected chi connectivity index (χ0v) is 10.1. The van der Waals surface area contributed by atoms with Crippen LogP contribution >= 0.6 is 0 Å². The van der Waals surface area contributed by atoms with Crippen LogP contribution in [0.25, 0.3) is 11.0 Å². The molecular formula is C13H15N3O. The molecule has 0 radical (unpaired) electrons. The maximum Gasteiger partial charge on any atom is 0.229 e. The quantitative estimate of drug-likeness (QED) is 0.789. The number of hydrogen-bond acceptors (Lipinski definition) is 2. The third-order valence-electron chi connectivity index (χ3n) is 3.35. The van der Waals surface area contributed by atoms with Crippen molar-refractivity contribution in [1.29, 1.82) is 0 Å². The second-order valence-corrected chi connectivity index (χ2v) is 4.70. The summed E-state index contributed by atoms with van der Waals surface area (Å²) in [5, 5.41) is 0. The maximum absolute atomic E-state index is 11.9. The molecule has 0 bridgehead atoms. The van der Waals surface area contributed by atoms with E-state index in [2.05, 4.69) is 4.98 Å². The smallest absolute Gasteiger partial charge is 0.229 e. The lowest BCUT2D eigenvalue weighted by Crippen LogP contribution is -2.27. The van der Waals surface area contributed by atoms with E-state index < -0.39 is 0 Å². The van der Waals surface area contributed by atoms with Gasteiger partial charge in [-0.05, 0) is 31.0 Å². The zero-order valence-electron chi connectivity index (χ0n) is 10.1. The molecule has 1 fully saturated rings. The zero-order chi connectivity index (χ0) is 12.0. The fourth-order valence-corrected chi connectivity index (χ4v) is 2.06. The summed E-state index contributed by atoms with van der Waals surface area (Å²) in [4.78, 5) is 18.0. The number of amides is 1. The fraction of sp³-hybridized carbons (Fsp3) is 0.385. The van der Waals surface area contributed by atoms with Gasteiger partial charge in [-0.2, -0.15) is 0 Å². The predicted molar refractivity (Wildman–Crippen MR) is 66.8 cm³/mol.